The SMILES string of the molecule is c1ccc(-c2ccc(N(c3ccc(-c4ccccc4)c(-c4ccccc4)c3)c3cc4c5c(cccc5c3)-c3cccc(N(c5ccccc5)c5ccccc5)c3O4)cc2-c2ccccc2)cc1. The van der Waals surface area contributed by atoms with Crippen molar-refractivity contribution >= 4 is 44.9 Å². The lowest BCUT2D eigenvalue weighted by Crippen LogP contribution is -2.13. The monoisotopic (exact) mass is 856 g/mol. The minimum Gasteiger partial charge on any atom is -0.454 e. The fraction of sp³-hybridized carbons (Fsp3) is 0. The van der Waals surface area contributed by atoms with Crippen LogP contribution in [0.2, 0.25) is 0 Å². The summed E-state index contributed by atoms with van der Waals surface area (Å²) in [4.78, 5) is 4.69. The first kappa shape index (κ1) is 39.7. The summed E-state index contributed by atoms with van der Waals surface area (Å²) >= 11 is 0. The van der Waals surface area contributed by atoms with Gasteiger partial charge < -0.3 is 14.5 Å². The van der Waals surface area contributed by atoms with E-state index in [4.69, 9.17) is 4.74 Å². The Morgan fingerprint density at radius 3 is 1.18 bits per heavy atom. The van der Waals surface area contributed by atoms with Gasteiger partial charge in [-0.05, 0) is 116 Å². The largest absolute Gasteiger partial charge is 0.454 e. The number of benzene rings is 11. The molecule has 1 aliphatic heterocycles. The van der Waals surface area contributed by atoms with Gasteiger partial charge in [-0.25, -0.2) is 0 Å². The van der Waals surface area contributed by atoms with Crippen LogP contribution >= 0.6 is 0 Å². The highest BCUT2D eigenvalue weighted by molar-refractivity contribution is 6.08. The van der Waals surface area contributed by atoms with Crippen molar-refractivity contribution in [1.82, 2.24) is 0 Å². The van der Waals surface area contributed by atoms with E-state index in [1.165, 1.54) is 22.3 Å². The van der Waals surface area contributed by atoms with Crippen LogP contribution in [0, 0.1) is 0 Å². The molecular weight excluding hydrogens is 813 g/mol. The number of ether oxygens (including phenoxy) is 1. The Bertz CT molecular complexity index is 3360. The highest BCUT2D eigenvalue weighted by Gasteiger charge is 2.28. The maximum Gasteiger partial charge on any atom is 0.159 e. The van der Waals surface area contributed by atoms with Gasteiger partial charge >= 0.3 is 0 Å². The topological polar surface area (TPSA) is 15.7 Å². The number of para-hydroxylation sites is 3. The number of rotatable bonds is 10. The fourth-order valence-electron chi connectivity index (χ4n) is 9.76. The molecule has 3 nitrogen and oxygen atoms in total. The molecule has 0 spiro atoms. The molecule has 1 heterocycles. The van der Waals surface area contributed by atoms with Crippen LogP contribution in [0.4, 0.5) is 34.1 Å². The van der Waals surface area contributed by atoms with Crippen LogP contribution in [0.1, 0.15) is 0 Å². The van der Waals surface area contributed by atoms with Crippen molar-refractivity contribution < 1.29 is 4.74 Å². The van der Waals surface area contributed by atoms with Crippen molar-refractivity contribution in [3.05, 3.63) is 267 Å². The van der Waals surface area contributed by atoms with E-state index in [1.807, 2.05) is 0 Å². The molecule has 0 saturated heterocycles. The average Bonchev–Trinajstić information content (AvgIpc) is 3.40. The van der Waals surface area contributed by atoms with Gasteiger partial charge in [0.2, 0.25) is 0 Å². The van der Waals surface area contributed by atoms with Crippen LogP contribution < -0.4 is 14.5 Å². The second-order valence-electron chi connectivity index (χ2n) is 16.9. The second-order valence-corrected chi connectivity index (χ2v) is 16.9. The van der Waals surface area contributed by atoms with Crippen LogP contribution in [0.3, 0.4) is 0 Å². The van der Waals surface area contributed by atoms with Crippen LogP contribution in [0.5, 0.6) is 11.5 Å². The quantitative estimate of drug-likeness (QED) is 0.136. The van der Waals surface area contributed by atoms with Crippen LogP contribution in [-0.2, 0) is 0 Å². The molecular formula is C64H44N2O. The predicted octanol–water partition coefficient (Wildman–Crippen LogP) is 18.2. The normalized spacial score (nSPS) is 11.4. The van der Waals surface area contributed by atoms with Crippen LogP contribution in [0.25, 0.3) is 66.4 Å². The molecule has 11 aromatic carbocycles. The Morgan fingerprint density at radius 2 is 0.687 bits per heavy atom. The van der Waals surface area contributed by atoms with Gasteiger partial charge in [0.15, 0.2) is 5.75 Å². The van der Waals surface area contributed by atoms with E-state index in [0.29, 0.717) is 0 Å². The summed E-state index contributed by atoms with van der Waals surface area (Å²) < 4.78 is 7.34. The number of hydrogen-bond donors (Lipinski definition) is 0. The first-order chi connectivity index (χ1) is 33.2. The van der Waals surface area contributed by atoms with Gasteiger partial charge in [0, 0.05) is 39.8 Å². The minimum atomic E-state index is 0.808. The lowest BCUT2D eigenvalue weighted by Gasteiger charge is -2.32. The molecule has 0 radical (unpaired) electrons. The maximum atomic E-state index is 7.34. The molecule has 0 amide bonds. The summed E-state index contributed by atoms with van der Waals surface area (Å²) in [5, 5.41) is 2.19. The molecule has 0 aromatic heterocycles. The molecule has 3 heteroatoms. The van der Waals surface area contributed by atoms with E-state index in [-0.39, 0.29) is 0 Å². The summed E-state index contributed by atoms with van der Waals surface area (Å²) in [5.41, 5.74) is 17.6. The predicted molar refractivity (Wildman–Crippen MR) is 281 cm³/mol. The molecule has 0 unspecified atom stereocenters. The Balaban J connectivity index is 1.09. The number of anilines is 6. The number of nitrogens with zero attached hydrogens (tertiary/aromatic N) is 2. The lowest BCUT2D eigenvalue weighted by molar-refractivity contribution is 0.488. The average molecular weight is 857 g/mol. The fourth-order valence-corrected chi connectivity index (χ4v) is 9.76. The van der Waals surface area contributed by atoms with Crippen molar-refractivity contribution in [3.8, 4) is 67.1 Å². The van der Waals surface area contributed by atoms with Gasteiger partial charge in [-0.15, -0.1) is 0 Å². The standard InChI is InChI=1S/C64H44N2O/c1-7-21-45(22-8-1)55-39-37-52(42-59(55)47-25-11-3-12-26-47)65(53-38-40-56(46-23-9-2-10-24-46)60(43-53)48-27-13-4-14-28-48)54-41-49-29-19-34-57-58-35-20-36-61(64(58)67-62(44-54)63(49)57)66(50-30-15-5-16-31-50)51-32-17-6-18-33-51/h1-44H. The zero-order valence-electron chi connectivity index (χ0n) is 36.7. The van der Waals surface area contributed by atoms with E-state index in [0.717, 1.165) is 89.8 Å². The Hall–Kier alpha value is -8.92. The summed E-state index contributed by atoms with van der Waals surface area (Å²) in [5.74, 6) is 1.62. The highest BCUT2D eigenvalue weighted by atomic mass is 16.5. The summed E-state index contributed by atoms with van der Waals surface area (Å²) in [6, 6.07) is 95.4. The van der Waals surface area contributed by atoms with Crippen molar-refractivity contribution in [2.24, 2.45) is 0 Å². The van der Waals surface area contributed by atoms with E-state index < -0.39 is 0 Å². The van der Waals surface area contributed by atoms with Crippen LogP contribution in [0.15, 0.2) is 267 Å². The van der Waals surface area contributed by atoms with Crippen molar-refractivity contribution in [2.75, 3.05) is 9.80 Å². The first-order valence-electron chi connectivity index (χ1n) is 22.8. The van der Waals surface area contributed by atoms with Crippen molar-refractivity contribution in [3.63, 3.8) is 0 Å². The van der Waals surface area contributed by atoms with E-state index in [9.17, 15) is 0 Å². The molecule has 11 aromatic rings. The van der Waals surface area contributed by atoms with Gasteiger partial charge in [-0.1, -0.05) is 200 Å². The maximum absolute atomic E-state index is 7.34. The molecule has 67 heavy (non-hydrogen) atoms. The third-order valence-electron chi connectivity index (χ3n) is 12.8. The zero-order chi connectivity index (χ0) is 44.5. The third-order valence-corrected chi connectivity index (χ3v) is 12.8. The molecule has 316 valence electrons. The molecule has 0 N–H and O–H groups in total. The minimum absolute atomic E-state index is 0.808. The van der Waals surface area contributed by atoms with Crippen molar-refractivity contribution in [1.29, 1.82) is 0 Å². The molecule has 0 saturated carbocycles. The van der Waals surface area contributed by atoms with E-state index in [2.05, 4.69) is 277 Å². The second kappa shape index (κ2) is 17.2. The number of hydrogen-bond acceptors (Lipinski definition) is 3. The summed E-state index contributed by atoms with van der Waals surface area (Å²) in [6.07, 6.45) is 0. The van der Waals surface area contributed by atoms with Crippen molar-refractivity contribution in [2.45, 2.75) is 0 Å². The lowest BCUT2D eigenvalue weighted by atomic mass is 9.91. The van der Waals surface area contributed by atoms with E-state index in [1.54, 1.807) is 0 Å². The zero-order valence-corrected chi connectivity index (χ0v) is 36.7. The Kier molecular flexibility index (Phi) is 10.2. The van der Waals surface area contributed by atoms with Gasteiger partial charge in [-0.3, -0.25) is 0 Å². The summed E-state index contributed by atoms with van der Waals surface area (Å²) in [6.45, 7) is 0. The van der Waals surface area contributed by atoms with E-state index >= 15 is 0 Å². The van der Waals surface area contributed by atoms with Gasteiger partial charge in [-0.2, -0.15) is 0 Å². The molecule has 0 fully saturated rings. The van der Waals surface area contributed by atoms with Gasteiger partial charge in [0.05, 0.1) is 11.4 Å². The smallest absolute Gasteiger partial charge is 0.159 e. The highest BCUT2D eigenvalue weighted by Crippen LogP contribution is 2.54. The third kappa shape index (κ3) is 7.39. The Labute approximate surface area is 391 Å². The molecule has 12 rings (SSSR count). The first-order valence-corrected chi connectivity index (χ1v) is 22.8. The van der Waals surface area contributed by atoms with Gasteiger partial charge in [0.1, 0.15) is 5.75 Å². The summed E-state index contributed by atoms with van der Waals surface area (Å²) in [7, 11) is 0. The molecule has 0 bridgehead atoms. The van der Waals surface area contributed by atoms with Crippen LogP contribution in [-0.4, -0.2) is 0 Å². The van der Waals surface area contributed by atoms with Gasteiger partial charge in [0.25, 0.3) is 0 Å². The molecule has 0 aliphatic carbocycles. The molecule has 0 atom stereocenters. The Morgan fingerprint density at radius 1 is 0.254 bits per heavy atom. The molecule has 1 aliphatic rings. The number of fused-ring (bicyclic) bond motifs is 2.